The van der Waals surface area contributed by atoms with Crippen molar-refractivity contribution in [2.75, 3.05) is 74.0 Å². The number of carboxylic acids is 1. The second-order valence-electron chi connectivity index (χ2n) is 23.4. The van der Waals surface area contributed by atoms with E-state index in [1.165, 1.54) is 27.3 Å². The number of benzene rings is 1. The molecule has 3 saturated heterocycles. The molecule has 6 N–H and O–H groups in total. The van der Waals surface area contributed by atoms with Crippen LogP contribution in [0.2, 0.25) is 0 Å². The van der Waals surface area contributed by atoms with Crippen molar-refractivity contribution < 1.29 is 87.4 Å². The summed E-state index contributed by atoms with van der Waals surface area (Å²) >= 11 is 0. The number of methoxy groups -OCH3 is 2. The number of aromatic nitrogens is 1. The fraction of sp³-hybridized carbons (Fsp3) is 0.772. The number of aliphatic hydroxyl groups excluding tert-OH is 2. The molecule has 18 atom stereocenters. The summed E-state index contributed by atoms with van der Waals surface area (Å²) < 4.78 is 57.2. The number of likely N-dealkylation sites (N-methyl/N-ethyl adjacent to an activating group) is 1. The number of carbonyl (C=O) groups is 3. The van der Waals surface area contributed by atoms with Crippen LogP contribution in [0.1, 0.15) is 117 Å². The molecule has 1 aromatic heterocycles. The average Bonchev–Trinajstić information content (AvgIpc) is 3.40. The zero-order chi connectivity index (χ0) is 60.5. The molecule has 4 heterocycles. The van der Waals surface area contributed by atoms with E-state index in [2.05, 4.69) is 10.5 Å². The van der Waals surface area contributed by atoms with E-state index in [4.69, 9.17) is 47.5 Å². The van der Waals surface area contributed by atoms with E-state index in [1.54, 1.807) is 91.3 Å². The van der Waals surface area contributed by atoms with Crippen LogP contribution in [0.4, 0.5) is 4.79 Å². The predicted octanol–water partition coefficient (Wildman–Crippen LogP) is 3.79. The summed E-state index contributed by atoms with van der Waals surface area (Å²) in [5.41, 5.74) is -4.28. The molecule has 24 nitrogen and oxygen atoms in total. The second-order valence-corrected chi connectivity index (χ2v) is 23.4. The first-order valence-corrected chi connectivity index (χ1v) is 28.1. The Labute approximate surface area is 476 Å². The largest absolute Gasteiger partial charge is 0.477 e. The van der Waals surface area contributed by atoms with Gasteiger partial charge in [-0.05, 0) is 105 Å². The lowest BCUT2D eigenvalue weighted by molar-refractivity contribution is -0.317. The number of amides is 1. The van der Waals surface area contributed by atoms with E-state index < -0.39 is 119 Å². The highest BCUT2D eigenvalue weighted by atomic mass is 16.7. The van der Waals surface area contributed by atoms with Crippen molar-refractivity contribution in [2.24, 2.45) is 28.8 Å². The van der Waals surface area contributed by atoms with Crippen LogP contribution in [0, 0.1) is 23.7 Å². The molecular weight excluding hydrogens is 1060 g/mol. The van der Waals surface area contributed by atoms with Gasteiger partial charge in [0.1, 0.15) is 29.0 Å². The Hall–Kier alpha value is -4.57. The molecule has 0 unspecified atom stereocenters. The molecular formula is C57H93N5O19. The highest BCUT2D eigenvalue weighted by Gasteiger charge is 2.54. The third kappa shape index (κ3) is 16.2. The summed E-state index contributed by atoms with van der Waals surface area (Å²) in [7, 11) is 10.1. The van der Waals surface area contributed by atoms with E-state index in [0.29, 0.717) is 36.8 Å². The van der Waals surface area contributed by atoms with Crippen molar-refractivity contribution in [3.63, 3.8) is 0 Å². The van der Waals surface area contributed by atoms with E-state index in [9.17, 15) is 44.7 Å². The molecule has 0 spiro atoms. The van der Waals surface area contributed by atoms with Gasteiger partial charge >= 0.3 is 18.0 Å². The van der Waals surface area contributed by atoms with Gasteiger partial charge < -0.3 is 88.2 Å². The van der Waals surface area contributed by atoms with Crippen LogP contribution in [0.5, 0.6) is 0 Å². The number of rotatable bonds is 20. The lowest BCUT2D eigenvalue weighted by atomic mass is 9.73. The summed E-state index contributed by atoms with van der Waals surface area (Å²) in [5.74, 6) is -5.75. The lowest BCUT2D eigenvalue weighted by Gasteiger charge is -2.49. The van der Waals surface area contributed by atoms with Crippen molar-refractivity contribution in [3.05, 3.63) is 45.7 Å². The van der Waals surface area contributed by atoms with Gasteiger partial charge in [0.15, 0.2) is 18.7 Å². The zero-order valence-electron chi connectivity index (χ0n) is 50.3. The van der Waals surface area contributed by atoms with Crippen molar-refractivity contribution >= 4 is 34.6 Å². The molecule has 0 aliphatic carbocycles. The Kier molecular flexibility index (Phi) is 23.9. The highest BCUT2D eigenvalue weighted by Crippen LogP contribution is 2.42. The third-order valence-electron chi connectivity index (χ3n) is 16.4. The Bertz CT molecular complexity index is 2490. The molecule has 0 saturated carbocycles. The number of alkyl carbamates (subject to hydrolysis) is 1. The molecule has 0 bridgehead atoms. The number of nitrogens with one attached hydrogen (secondary N) is 1. The maximum absolute atomic E-state index is 14.6. The fourth-order valence-corrected chi connectivity index (χ4v) is 11.8. The molecule has 81 heavy (non-hydrogen) atoms. The molecule has 24 heteroatoms. The Morgan fingerprint density at radius 3 is 2.23 bits per heavy atom. The smallest absolute Gasteiger partial charge is 0.407 e. The van der Waals surface area contributed by atoms with Crippen LogP contribution < -0.4 is 15.8 Å². The molecule has 3 aliphatic heterocycles. The molecule has 1 amide bonds. The van der Waals surface area contributed by atoms with Gasteiger partial charge in [-0.2, -0.15) is 0 Å². The number of carbonyl (C=O) groups excluding carboxylic acids is 2. The van der Waals surface area contributed by atoms with Gasteiger partial charge in [0.2, 0.25) is 12.2 Å². The number of aromatic carboxylic acids is 1. The normalized spacial score (nSPS) is 36.0. The van der Waals surface area contributed by atoms with Crippen molar-refractivity contribution in [1.82, 2.24) is 14.9 Å². The summed E-state index contributed by atoms with van der Waals surface area (Å²) in [4.78, 5) is 60.2. The third-order valence-corrected chi connectivity index (χ3v) is 16.4. The Morgan fingerprint density at radius 1 is 0.926 bits per heavy atom. The Morgan fingerprint density at radius 2 is 1.62 bits per heavy atom. The zero-order valence-corrected chi connectivity index (χ0v) is 50.3. The van der Waals surface area contributed by atoms with Gasteiger partial charge in [-0.1, -0.05) is 38.9 Å². The molecule has 2 aromatic rings. The molecule has 5 rings (SSSR count). The Balaban J connectivity index is 1.34. The average molecular weight is 1150 g/mol. The van der Waals surface area contributed by atoms with Crippen molar-refractivity contribution in [2.45, 2.75) is 192 Å². The summed E-state index contributed by atoms with van der Waals surface area (Å²) in [6, 6.07) is 4.99. The monoisotopic (exact) mass is 1150 g/mol. The number of aliphatic hydroxyl groups is 4. The number of carboxylic acid groups (broad SMARTS) is 1. The molecule has 3 fully saturated rings. The predicted molar refractivity (Wildman–Crippen MR) is 298 cm³/mol. The number of hydrogen-bond acceptors (Lipinski definition) is 21. The quantitative estimate of drug-likeness (QED) is 0.0476. The van der Waals surface area contributed by atoms with Gasteiger partial charge in [0.05, 0.1) is 59.9 Å². The first-order chi connectivity index (χ1) is 37.9. The van der Waals surface area contributed by atoms with Crippen molar-refractivity contribution in [3.8, 4) is 0 Å². The second kappa shape index (κ2) is 28.8. The standard InChI is InChI=1S/C57H93N5O19/c1-17-42-57(10,71)48(65)33(4)44(59-75-30-72-15)31(2)27-55(8,70)49(80-53-46(64)41(60(11)12)25-32(3)76-53)34(5)47(35(6)52(68)78-42)79-43-28-56(9,73-16)50(36(7)77-43)81-54(69)58-22-24-74-23-18-19-37-20-21-40-38(26-37)45(63)39(51(66)67)29-62(40)61(13)14/h20-21,26,29,31-36,41-43,46-50,53,64-65,70-71H,17-19,22-25,27-28,30H2,1-16H3,(H,58,69)(H,66,67)/t31-,32-,33+,34+,35-,36+,41+,42-,43+,46-,47+,48-,49-,50+,53+,55-,56-,57-/m1/s1. The minimum Gasteiger partial charge on any atom is -0.477 e. The fourth-order valence-electron chi connectivity index (χ4n) is 11.8. The van der Waals surface area contributed by atoms with E-state index >= 15 is 0 Å². The summed E-state index contributed by atoms with van der Waals surface area (Å²) in [5, 5.41) is 67.5. The first kappa shape index (κ1) is 67.2. The molecule has 460 valence electrons. The lowest BCUT2D eigenvalue weighted by Crippen LogP contribution is -2.61. The minimum atomic E-state index is -2.02. The van der Waals surface area contributed by atoms with Crippen LogP contribution >= 0.6 is 0 Å². The number of aryl methyl sites for hydroxylation is 1. The van der Waals surface area contributed by atoms with Crippen LogP contribution in [-0.2, 0) is 58.7 Å². The number of fused-ring (bicyclic) bond motifs is 1. The van der Waals surface area contributed by atoms with Gasteiger partial charge in [0.25, 0.3) is 0 Å². The minimum absolute atomic E-state index is 0.0211. The number of oxime groups is 1. The molecule has 3 aliphatic rings. The van der Waals surface area contributed by atoms with Gasteiger partial charge in [-0.3, -0.25) is 14.3 Å². The SMILES string of the molecule is CC[C@H]1OC(=O)[C@H](C)[C@@H](O[C@H]2C[C@@](C)(OC)[C@@H](OC(=O)NCCOCCCc3ccc4c(c3)c(=O)c(C(=O)O)cn4N(C)C)[C@H](C)O2)[C@H](C)[C@@H](O[C@@H]2O[C@H](C)C[C@H](N(C)C)[C@H]2O)[C@](C)(O)C[C@@H](C)C(=NOCOC)[C@H](C)[C@@H](O)[C@]1(C)O. The van der Waals surface area contributed by atoms with Gasteiger partial charge in [0, 0.05) is 83.3 Å². The maximum atomic E-state index is 14.6. The van der Waals surface area contributed by atoms with Crippen LogP contribution in [-0.4, -0.2) is 212 Å². The maximum Gasteiger partial charge on any atom is 0.407 e. The van der Waals surface area contributed by atoms with Gasteiger partial charge in [-0.25, -0.2) is 9.59 Å². The number of nitrogens with zero attached hydrogens (tertiary/aromatic N) is 4. The van der Waals surface area contributed by atoms with Gasteiger partial charge in [-0.15, -0.1) is 0 Å². The number of hydrogen-bond donors (Lipinski definition) is 6. The number of esters is 1. The topological polar surface area (TPSA) is 298 Å². The van der Waals surface area contributed by atoms with Crippen LogP contribution in [0.25, 0.3) is 10.9 Å². The van der Waals surface area contributed by atoms with E-state index in [0.717, 1.165) is 5.56 Å². The number of pyridine rings is 1. The molecule has 0 radical (unpaired) electrons. The summed E-state index contributed by atoms with van der Waals surface area (Å²) in [6.07, 6.45) is -8.77. The first-order valence-electron chi connectivity index (χ1n) is 28.1. The van der Waals surface area contributed by atoms with Crippen LogP contribution in [0.3, 0.4) is 0 Å². The number of ether oxygens (including phenoxy) is 9. The number of cyclic esters (lactones) is 1. The van der Waals surface area contributed by atoms with Crippen LogP contribution in [0.15, 0.2) is 34.3 Å². The highest BCUT2D eigenvalue weighted by molar-refractivity contribution is 5.93. The van der Waals surface area contributed by atoms with E-state index in [1.807, 2.05) is 32.0 Å². The van der Waals surface area contributed by atoms with E-state index in [-0.39, 0.29) is 62.6 Å². The summed E-state index contributed by atoms with van der Waals surface area (Å²) in [6.45, 7) is 17.1. The van der Waals surface area contributed by atoms with Crippen molar-refractivity contribution in [1.29, 1.82) is 0 Å². The molecule has 1 aromatic carbocycles.